The highest BCUT2D eigenvalue weighted by Crippen LogP contribution is 2.45. The number of rotatable bonds is 2. The van der Waals surface area contributed by atoms with Gasteiger partial charge in [0.2, 0.25) is 0 Å². The Kier molecular flexibility index (Phi) is 3.53. The fourth-order valence-corrected chi connectivity index (χ4v) is 3.65. The summed E-state index contributed by atoms with van der Waals surface area (Å²) in [6, 6.07) is 10.4. The molecule has 1 saturated heterocycles. The average molecular weight is 261 g/mol. The second-order valence-electron chi connectivity index (χ2n) is 5.31. The predicted octanol–water partition coefficient (Wildman–Crippen LogP) is 4.38. The molecule has 0 atom stereocenters. The first kappa shape index (κ1) is 13.2. The first-order valence-electron chi connectivity index (χ1n) is 6.21. The van der Waals surface area contributed by atoms with Gasteiger partial charge in [-0.1, -0.05) is 30.3 Å². The number of hydrogen-bond donors (Lipinski definition) is 0. The standard InChI is InChI=1S/C15H19NOS/c1-11(2)16-14(17)18-13(15(16,3)4)10-12-8-6-5-7-9-12/h5-11H,1-4H3/b13-10-. The maximum atomic E-state index is 12.1. The van der Waals surface area contributed by atoms with Crippen LogP contribution in [0.1, 0.15) is 33.3 Å². The summed E-state index contributed by atoms with van der Waals surface area (Å²) in [4.78, 5) is 15.1. The number of thioether (sulfide) groups is 1. The Bertz CT molecular complexity index is 477. The van der Waals surface area contributed by atoms with E-state index < -0.39 is 0 Å². The maximum Gasteiger partial charge on any atom is 0.287 e. The van der Waals surface area contributed by atoms with E-state index in [-0.39, 0.29) is 16.8 Å². The Morgan fingerprint density at radius 2 is 1.83 bits per heavy atom. The van der Waals surface area contributed by atoms with Crippen molar-refractivity contribution in [3.63, 3.8) is 0 Å². The van der Waals surface area contributed by atoms with Crippen molar-refractivity contribution in [1.29, 1.82) is 0 Å². The van der Waals surface area contributed by atoms with Gasteiger partial charge in [-0.25, -0.2) is 0 Å². The maximum absolute atomic E-state index is 12.1. The molecule has 2 nitrogen and oxygen atoms in total. The fourth-order valence-electron chi connectivity index (χ4n) is 2.38. The van der Waals surface area contributed by atoms with Gasteiger partial charge in [0.15, 0.2) is 0 Å². The van der Waals surface area contributed by atoms with Crippen LogP contribution in [0.5, 0.6) is 0 Å². The van der Waals surface area contributed by atoms with Gasteiger partial charge in [-0.05, 0) is 51.1 Å². The molecule has 2 rings (SSSR count). The van der Waals surface area contributed by atoms with Gasteiger partial charge >= 0.3 is 0 Å². The first-order chi connectivity index (χ1) is 8.43. The van der Waals surface area contributed by atoms with Gasteiger partial charge in [0, 0.05) is 10.9 Å². The minimum atomic E-state index is -0.217. The van der Waals surface area contributed by atoms with E-state index in [1.165, 1.54) is 11.8 Å². The van der Waals surface area contributed by atoms with E-state index in [0.717, 1.165) is 10.5 Å². The molecule has 18 heavy (non-hydrogen) atoms. The van der Waals surface area contributed by atoms with Gasteiger partial charge < -0.3 is 4.90 Å². The molecular formula is C15H19NOS. The molecule has 3 heteroatoms. The molecule has 0 saturated carbocycles. The SMILES string of the molecule is CC(C)N1C(=O)S/C(=C\c2ccccc2)C1(C)C. The molecule has 0 radical (unpaired) electrons. The van der Waals surface area contributed by atoms with Crippen LogP contribution in [-0.2, 0) is 0 Å². The zero-order valence-electron chi connectivity index (χ0n) is 11.3. The zero-order chi connectivity index (χ0) is 13.3. The van der Waals surface area contributed by atoms with Crippen molar-refractivity contribution in [3.8, 4) is 0 Å². The fraction of sp³-hybridized carbons (Fsp3) is 0.400. The third-order valence-electron chi connectivity index (χ3n) is 3.21. The van der Waals surface area contributed by atoms with E-state index >= 15 is 0 Å². The molecule has 0 spiro atoms. The Morgan fingerprint density at radius 1 is 1.22 bits per heavy atom. The van der Waals surface area contributed by atoms with Crippen LogP contribution in [0.4, 0.5) is 4.79 Å². The topological polar surface area (TPSA) is 20.3 Å². The van der Waals surface area contributed by atoms with Crippen molar-refractivity contribution in [1.82, 2.24) is 4.90 Å². The van der Waals surface area contributed by atoms with E-state index in [1.807, 2.05) is 23.1 Å². The second kappa shape index (κ2) is 4.81. The predicted molar refractivity (Wildman–Crippen MR) is 78.5 cm³/mol. The highest BCUT2D eigenvalue weighted by atomic mass is 32.2. The lowest BCUT2D eigenvalue weighted by Gasteiger charge is -2.34. The molecule has 96 valence electrons. The lowest BCUT2D eigenvalue weighted by Crippen LogP contribution is -2.45. The molecule has 0 N–H and O–H groups in total. The Morgan fingerprint density at radius 3 is 2.33 bits per heavy atom. The van der Waals surface area contributed by atoms with Gasteiger partial charge in [-0.3, -0.25) is 4.79 Å². The van der Waals surface area contributed by atoms with Gasteiger partial charge in [-0.15, -0.1) is 0 Å². The first-order valence-corrected chi connectivity index (χ1v) is 7.03. The van der Waals surface area contributed by atoms with E-state index in [4.69, 9.17) is 0 Å². The molecule has 0 unspecified atom stereocenters. The number of carbonyl (C=O) groups excluding carboxylic acids is 1. The number of hydrogen-bond acceptors (Lipinski definition) is 2. The second-order valence-corrected chi connectivity index (χ2v) is 6.30. The molecule has 1 fully saturated rings. The van der Waals surface area contributed by atoms with Crippen LogP contribution >= 0.6 is 11.8 Å². The minimum absolute atomic E-state index is 0.150. The van der Waals surface area contributed by atoms with Crippen LogP contribution < -0.4 is 0 Å². The summed E-state index contributed by atoms with van der Waals surface area (Å²) in [6.07, 6.45) is 2.12. The minimum Gasteiger partial charge on any atom is -0.321 e. The third kappa shape index (κ3) is 2.32. The summed E-state index contributed by atoms with van der Waals surface area (Å²) < 4.78 is 0. The normalized spacial score (nSPS) is 21.1. The number of amides is 1. The van der Waals surface area contributed by atoms with Crippen molar-refractivity contribution in [2.24, 2.45) is 0 Å². The van der Waals surface area contributed by atoms with E-state index in [0.29, 0.717) is 0 Å². The highest BCUT2D eigenvalue weighted by molar-refractivity contribution is 8.17. The van der Waals surface area contributed by atoms with E-state index in [2.05, 4.69) is 45.9 Å². The molecule has 0 aromatic heterocycles. The number of nitrogens with zero attached hydrogens (tertiary/aromatic N) is 1. The van der Waals surface area contributed by atoms with Crippen molar-refractivity contribution >= 4 is 23.1 Å². The van der Waals surface area contributed by atoms with Gasteiger partial charge in [-0.2, -0.15) is 0 Å². The summed E-state index contributed by atoms with van der Waals surface area (Å²) in [6.45, 7) is 8.34. The largest absolute Gasteiger partial charge is 0.321 e. The van der Waals surface area contributed by atoms with Gasteiger partial charge in [0.25, 0.3) is 5.24 Å². The average Bonchev–Trinajstić information content (AvgIpc) is 2.50. The van der Waals surface area contributed by atoms with Crippen molar-refractivity contribution in [3.05, 3.63) is 40.8 Å². The summed E-state index contributed by atoms with van der Waals surface area (Å²) in [5, 5.41) is 0.150. The smallest absolute Gasteiger partial charge is 0.287 e. The van der Waals surface area contributed by atoms with Crippen molar-refractivity contribution in [2.45, 2.75) is 39.3 Å². The lowest BCUT2D eigenvalue weighted by atomic mass is 9.99. The van der Waals surface area contributed by atoms with Crippen LogP contribution in [0.3, 0.4) is 0 Å². The monoisotopic (exact) mass is 261 g/mol. The van der Waals surface area contributed by atoms with E-state index in [9.17, 15) is 4.79 Å². The van der Waals surface area contributed by atoms with Crippen LogP contribution in [-0.4, -0.2) is 21.7 Å². The third-order valence-corrected chi connectivity index (χ3v) is 4.42. The molecule has 1 aromatic rings. The zero-order valence-corrected chi connectivity index (χ0v) is 12.1. The Hall–Kier alpha value is -1.22. The molecule has 1 aliphatic rings. The van der Waals surface area contributed by atoms with Crippen LogP contribution in [0.2, 0.25) is 0 Å². The van der Waals surface area contributed by atoms with Crippen LogP contribution in [0, 0.1) is 0 Å². The molecule has 1 amide bonds. The number of benzene rings is 1. The molecular weight excluding hydrogens is 242 g/mol. The summed E-state index contributed by atoms with van der Waals surface area (Å²) >= 11 is 1.35. The molecule has 0 aliphatic carbocycles. The summed E-state index contributed by atoms with van der Waals surface area (Å²) in [5.74, 6) is 0. The highest BCUT2D eigenvalue weighted by Gasteiger charge is 2.44. The van der Waals surface area contributed by atoms with Gasteiger partial charge in [0.05, 0.1) is 5.54 Å². The summed E-state index contributed by atoms with van der Waals surface area (Å²) in [7, 11) is 0. The van der Waals surface area contributed by atoms with Crippen molar-refractivity contribution < 1.29 is 4.79 Å². The molecule has 1 aliphatic heterocycles. The molecule has 1 heterocycles. The van der Waals surface area contributed by atoms with E-state index in [1.54, 1.807) is 0 Å². The van der Waals surface area contributed by atoms with Gasteiger partial charge in [0.1, 0.15) is 0 Å². The molecule has 0 bridgehead atoms. The molecule has 1 aromatic carbocycles. The quantitative estimate of drug-likeness (QED) is 0.787. The summed E-state index contributed by atoms with van der Waals surface area (Å²) in [5.41, 5.74) is 0.928. The van der Waals surface area contributed by atoms with Crippen molar-refractivity contribution in [2.75, 3.05) is 0 Å². The number of carbonyl (C=O) groups is 1. The van der Waals surface area contributed by atoms with Crippen LogP contribution in [0.15, 0.2) is 35.2 Å². The van der Waals surface area contributed by atoms with Crippen LogP contribution in [0.25, 0.3) is 6.08 Å². The lowest BCUT2D eigenvalue weighted by molar-refractivity contribution is 0.163. The Labute approximate surface area is 113 Å². The Balaban J connectivity index is 2.37.